The molecule has 0 saturated carbocycles. The molecule has 0 bridgehead atoms. The molecule has 0 spiro atoms. The van der Waals surface area contributed by atoms with Crippen LogP contribution in [-0.2, 0) is 11.3 Å². The summed E-state index contributed by atoms with van der Waals surface area (Å²) in [6.07, 6.45) is 1.39. The largest absolute Gasteiger partial charge is 0.300 e. The summed E-state index contributed by atoms with van der Waals surface area (Å²) in [4.78, 5) is 33.6. The van der Waals surface area contributed by atoms with Crippen molar-refractivity contribution in [2.45, 2.75) is 6.54 Å². The minimum Gasteiger partial charge on any atom is -0.300 e. The maximum Gasteiger partial charge on any atom is 0.262 e. The molecule has 24 heavy (non-hydrogen) atoms. The molecule has 4 rings (SSSR count). The van der Waals surface area contributed by atoms with Gasteiger partial charge in [-0.2, -0.15) is 0 Å². The molecule has 0 fully saturated rings. The van der Waals surface area contributed by atoms with E-state index in [0.29, 0.717) is 20.4 Å². The van der Waals surface area contributed by atoms with Crippen LogP contribution in [0.4, 0.5) is 5.13 Å². The van der Waals surface area contributed by atoms with Crippen molar-refractivity contribution < 1.29 is 4.79 Å². The van der Waals surface area contributed by atoms with Crippen molar-refractivity contribution in [2.24, 2.45) is 0 Å². The highest BCUT2D eigenvalue weighted by atomic mass is 35.5. The number of rotatable bonds is 3. The van der Waals surface area contributed by atoms with E-state index >= 15 is 0 Å². The minimum absolute atomic E-state index is 0.117. The van der Waals surface area contributed by atoms with Crippen LogP contribution in [0.5, 0.6) is 0 Å². The maximum atomic E-state index is 12.3. The summed E-state index contributed by atoms with van der Waals surface area (Å²) in [5.74, 6) is -0.335. The predicted octanol–water partition coefficient (Wildman–Crippen LogP) is 3.36. The van der Waals surface area contributed by atoms with Crippen LogP contribution < -0.4 is 10.9 Å². The van der Waals surface area contributed by atoms with Crippen LogP contribution in [0.2, 0.25) is 5.02 Å². The van der Waals surface area contributed by atoms with Gasteiger partial charge in [-0.25, -0.2) is 9.97 Å². The van der Waals surface area contributed by atoms with E-state index in [1.807, 2.05) is 0 Å². The topological polar surface area (TPSA) is 76.9 Å². The number of carbonyl (C=O) groups is 1. The lowest BCUT2D eigenvalue weighted by atomic mass is 10.3. The van der Waals surface area contributed by atoms with Crippen molar-refractivity contribution in [1.29, 1.82) is 0 Å². The average molecular weight is 377 g/mol. The van der Waals surface area contributed by atoms with E-state index in [1.165, 1.54) is 33.6 Å². The molecule has 120 valence electrons. The van der Waals surface area contributed by atoms with Crippen LogP contribution in [0.3, 0.4) is 0 Å². The van der Waals surface area contributed by atoms with Crippen LogP contribution in [0.15, 0.2) is 40.8 Å². The number of nitrogens with zero attached hydrogens (tertiary/aromatic N) is 3. The molecule has 0 aliphatic carbocycles. The Morgan fingerprint density at radius 2 is 2.21 bits per heavy atom. The Hall–Kier alpha value is -2.29. The SMILES string of the molecule is O=C(Cn1cnc2sccc2c1=O)Nc1nc2ccc(Cl)cc2s1. The Bertz CT molecular complexity index is 1130. The van der Waals surface area contributed by atoms with Gasteiger partial charge in [-0.3, -0.25) is 14.2 Å². The van der Waals surface area contributed by atoms with Gasteiger partial charge < -0.3 is 5.32 Å². The molecule has 0 aliphatic heterocycles. The predicted molar refractivity (Wildman–Crippen MR) is 97.1 cm³/mol. The number of halogens is 1. The van der Waals surface area contributed by atoms with Crippen molar-refractivity contribution in [2.75, 3.05) is 5.32 Å². The molecule has 4 aromatic rings. The lowest BCUT2D eigenvalue weighted by Gasteiger charge is -2.04. The molecule has 0 saturated heterocycles. The van der Waals surface area contributed by atoms with Crippen LogP contribution >= 0.6 is 34.3 Å². The van der Waals surface area contributed by atoms with Gasteiger partial charge in [0.15, 0.2) is 5.13 Å². The summed E-state index contributed by atoms with van der Waals surface area (Å²) in [5, 5.41) is 6.11. The minimum atomic E-state index is -0.335. The first-order valence-corrected chi connectivity index (χ1v) is 8.96. The molecule has 0 radical (unpaired) electrons. The zero-order valence-electron chi connectivity index (χ0n) is 12.0. The zero-order chi connectivity index (χ0) is 16.7. The zero-order valence-corrected chi connectivity index (χ0v) is 14.4. The second-order valence-corrected chi connectivity index (χ2v) is 7.36. The fourth-order valence-electron chi connectivity index (χ4n) is 2.27. The fraction of sp³-hybridized carbons (Fsp3) is 0.0667. The molecule has 6 nitrogen and oxygen atoms in total. The van der Waals surface area contributed by atoms with E-state index in [2.05, 4.69) is 15.3 Å². The molecule has 0 atom stereocenters. The number of amides is 1. The van der Waals surface area contributed by atoms with E-state index in [-0.39, 0.29) is 18.0 Å². The molecule has 9 heteroatoms. The fourth-order valence-corrected chi connectivity index (χ4v) is 4.15. The van der Waals surface area contributed by atoms with E-state index in [1.54, 1.807) is 29.6 Å². The van der Waals surface area contributed by atoms with E-state index in [4.69, 9.17) is 11.6 Å². The van der Waals surface area contributed by atoms with Gasteiger partial charge in [0.2, 0.25) is 5.91 Å². The molecule has 1 N–H and O–H groups in total. The van der Waals surface area contributed by atoms with Gasteiger partial charge >= 0.3 is 0 Å². The highest BCUT2D eigenvalue weighted by molar-refractivity contribution is 7.22. The van der Waals surface area contributed by atoms with E-state index in [0.717, 1.165) is 10.2 Å². The van der Waals surface area contributed by atoms with Gasteiger partial charge in [0, 0.05) is 5.02 Å². The van der Waals surface area contributed by atoms with Crippen molar-refractivity contribution in [3.8, 4) is 0 Å². The third kappa shape index (κ3) is 2.79. The lowest BCUT2D eigenvalue weighted by Crippen LogP contribution is -2.27. The molecule has 0 aliphatic rings. The molecular formula is C15H9ClN4O2S2. The summed E-state index contributed by atoms with van der Waals surface area (Å²) in [7, 11) is 0. The van der Waals surface area contributed by atoms with Crippen molar-refractivity contribution in [1.82, 2.24) is 14.5 Å². The molecule has 3 heterocycles. The lowest BCUT2D eigenvalue weighted by molar-refractivity contribution is -0.116. The highest BCUT2D eigenvalue weighted by Crippen LogP contribution is 2.28. The molecule has 1 aromatic carbocycles. The number of benzene rings is 1. The number of hydrogen-bond donors (Lipinski definition) is 1. The molecule has 0 unspecified atom stereocenters. The Balaban J connectivity index is 1.56. The van der Waals surface area contributed by atoms with Crippen LogP contribution in [-0.4, -0.2) is 20.4 Å². The highest BCUT2D eigenvalue weighted by Gasteiger charge is 2.11. The second kappa shape index (κ2) is 5.97. The smallest absolute Gasteiger partial charge is 0.262 e. The number of nitrogens with one attached hydrogen (secondary N) is 1. The summed E-state index contributed by atoms with van der Waals surface area (Å²) < 4.78 is 2.17. The standard InChI is InChI=1S/C15H9ClN4O2S2/c16-8-1-2-10-11(5-8)24-15(18-10)19-12(21)6-20-7-17-13-9(14(20)22)3-4-23-13/h1-5,7H,6H2,(H,18,19,21). The Morgan fingerprint density at radius 1 is 1.33 bits per heavy atom. The van der Waals surface area contributed by atoms with Gasteiger partial charge in [-0.05, 0) is 29.6 Å². The van der Waals surface area contributed by atoms with Crippen molar-refractivity contribution >= 4 is 65.7 Å². The molecule has 3 aromatic heterocycles. The van der Waals surface area contributed by atoms with Gasteiger partial charge in [0.25, 0.3) is 5.56 Å². The number of carbonyl (C=O) groups excluding carboxylic acids is 1. The Kier molecular flexibility index (Phi) is 3.79. The quantitative estimate of drug-likeness (QED) is 0.594. The number of anilines is 1. The third-order valence-corrected chi connectivity index (χ3v) is 5.35. The average Bonchev–Trinajstić information content (AvgIpc) is 3.16. The number of thiophene rings is 1. The van der Waals surface area contributed by atoms with Gasteiger partial charge in [0.1, 0.15) is 11.4 Å². The van der Waals surface area contributed by atoms with Crippen molar-refractivity contribution in [3.05, 3.63) is 51.3 Å². The third-order valence-electron chi connectivity index (χ3n) is 3.36. The Morgan fingerprint density at radius 3 is 3.08 bits per heavy atom. The van der Waals surface area contributed by atoms with Crippen LogP contribution in [0, 0.1) is 0 Å². The number of thiazole rings is 1. The maximum absolute atomic E-state index is 12.3. The van der Waals surface area contributed by atoms with Gasteiger partial charge in [0.05, 0.1) is 21.9 Å². The number of aromatic nitrogens is 3. The first-order valence-electron chi connectivity index (χ1n) is 6.89. The van der Waals surface area contributed by atoms with Gasteiger partial charge in [-0.15, -0.1) is 11.3 Å². The molecule has 1 amide bonds. The van der Waals surface area contributed by atoms with Gasteiger partial charge in [-0.1, -0.05) is 22.9 Å². The number of fused-ring (bicyclic) bond motifs is 2. The number of hydrogen-bond acceptors (Lipinski definition) is 6. The first kappa shape index (κ1) is 15.3. The first-order chi connectivity index (χ1) is 11.6. The van der Waals surface area contributed by atoms with Crippen molar-refractivity contribution in [3.63, 3.8) is 0 Å². The summed E-state index contributed by atoms with van der Waals surface area (Å²) in [6, 6.07) is 7.05. The Labute approximate surface area is 148 Å². The second-order valence-electron chi connectivity index (χ2n) is 5.00. The monoisotopic (exact) mass is 376 g/mol. The summed E-state index contributed by atoms with van der Waals surface area (Å²) in [6.45, 7) is -0.117. The molecular weight excluding hydrogens is 368 g/mol. The van der Waals surface area contributed by atoms with Crippen LogP contribution in [0.1, 0.15) is 0 Å². The van der Waals surface area contributed by atoms with E-state index < -0.39 is 0 Å². The normalized spacial score (nSPS) is 11.2. The van der Waals surface area contributed by atoms with Crippen LogP contribution in [0.25, 0.3) is 20.4 Å². The summed E-state index contributed by atoms with van der Waals surface area (Å²) in [5.41, 5.74) is 0.533. The summed E-state index contributed by atoms with van der Waals surface area (Å²) >= 11 is 8.66. The van der Waals surface area contributed by atoms with E-state index in [9.17, 15) is 9.59 Å².